The van der Waals surface area contributed by atoms with Crippen LogP contribution >= 0.6 is 0 Å². The second-order valence-electron chi connectivity index (χ2n) is 12.8. The van der Waals surface area contributed by atoms with E-state index in [1.807, 2.05) is 30.3 Å². The van der Waals surface area contributed by atoms with Crippen molar-refractivity contribution in [3.8, 4) is 0 Å². The van der Waals surface area contributed by atoms with Gasteiger partial charge in [-0.1, -0.05) is 19.1 Å². The van der Waals surface area contributed by atoms with Gasteiger partial charge < -0.3 is 20.1 Å². The lowest BCUT2D eigenvalue weighted by atomic mass is 9.77. The van der Waals surface area contributed by atoms with E-state index in [9.17, 15) is 14.7 Å². The molecular weight excluding hydrogens is 526 g/mol. The molecule has 1 saturated carbocycles. The third-order valence-electron chi connectivity index (χ3n) is 9.89. The summed E-state index contributed by atoms with van der Waals surface area (Å²) in [6.45, 7) is 7.06. The first-order valence-corrected chi connectivity index (χ1v) is 15.7. The minimum absolute atomic E-state index is 0.119. The van der Waals surface area contributed by atoms with Gasteiger partial charge in [-0.15, -0.1) is 0 Å². The largest absolute Gasteiger partial charge is 0.462 e. The lowest BCUT2D eigenvalue weighted by molar-refractivity contribution is 0.0526. The average molecular weight is 570 g/mol. The Morgan fingerprint density at radius 3 is 2.52 bits per heavy atom. The predicted octanol–water partition coefficient (Wildman–Crippen LogP) is 5.63. The highest BCUT2D eigenvalue weighted by molar-refractivity contribution is 5.98. The summed E-state index contributed by atoms with van der Waals surface area (Å²) >= 11 is 0. The van der Waals surface area contributed by atoms with Gasteiger partial charge in [0.2, 0.25) is 0 Å². The molecule has 0 bridgehead atoms. The maximum Gasteiger partial charge on any atom is 0.338 e. The number of piperidine rings is 1. The number of ether oxygens (including phenoxy) is 1. The van der Waals surface area contributed by atoms with E-state index in [0.29, 0.717) is 23.1 Å². The summed E-state index contributed by atoms with van der Waals surface area (Å²) in [5.41, 5.74) is 6.09. The van der Waals surface area contributed by atoms with Crippen LogP contribution in [-0.4, -0.2) is 59.2 Å². The van der Waals surface area contributed by atoms with E-state index in [0.717, 1.165) is 74.1 Å². The van der Waals surface area contributed by atoms with Gasteiger partial charge in [0.25, 0.3) is 5.91 Å². The zero-order chi connectivity index (χ0) is 29.3. The van der Waals surface area contributed by atoms with Crippen molar-refractivity contribution in [1.82, 2.24) is 15.2 Å². The highest BCUT2D eigenvalue weighted by atomic mass is 16.5. The van der Waals surface area contributed by atoms with Crippen LogP contribution in [0.5, 0.6) is 0 Å². The molecule has 2 atom stereocenters. The number of amides is 1. The van der Waals surface area contributed by atoms with Crippen molar-refractivity contribution < 1.29 is 19.4 Å². The standard InChI is InChI=1S/C35H43N3O4/c1-3-42-34(41)24-6-4-23(5-7-24)32(14-19-38-17-12-29(39)13-18-38)37-33(40)25-8-10-30-26(20-25)21-27-22-28(35(2)15-16-35)9-11-31(27)36-30/h4-8,10,20-21,28-29,32,39H,3,9,11-19,22H2,1-2H3,(H,37,40)/t28-,32+/m0/s1. The minimum Gasteiger partial charge on any atom is -0.462 e. The maximum absolute atomic E-state index is 13.7. The number of hydrogen-bond acceptors (Lipinski definition) is 6. The molecule has 7 heteroatoms. The molecule has 1 aromatic heterocycles. The first-order valence-electron chi connectivity index (χ1n) is 15.7. The van der Waals surface area contributed by atoms with E-state index >= 15 is 0 Å². The lowest BCUT2D eigenvalue weighted by Gasteiger charge is -2.31. The number of aliphatic hydroxyl groups is 1. The number of pyridine rings is 1. The van der Waals surface area contributed by atoms with Crippen LogP contribution in [0.25, 0.3) is 10.9 Å². The van der Waals surface area contributed by atoms with Gasteiger partial charge in [-0.3, -0.25) is 9.78 Å². The van der Waals surface area contributed by atoms with Crippen LogP contribution in [0.1, 0.15) is 96.0 Å². The average Bonchev–Trinajstić information content (AvgIpc) is 3.76. The van der Waals surface area contributed by atoms with E-state index in [1.165, 1.54) is 30.5 Å². The van der Waals surface area contributed by atoms with Crippen LogP contribution in [0.2, 0.25) is 0 Å². The molecule has 7 nitrogen and oxygen atoms in total. The molecule has 0 unspecified atom stereocenters. The van der Waals surface area contributed by atoms with Crippen molar-refractivity contribution in [2.75, 3.05) is 26.2 Å². The number of benzene rings is 2. The number of nitrogens with zero attached hydrogens (tertiary/aromatic N) is 2. The molecule has 2 heterocycles. The second kappa shape index (κ2) is 12.1. The highest BCUT2D eigenvalue weighted by Crippen LogP contribution is 2.55. The highest BCUT2D eigenvalue weighted by Gasteiger charge is 2.45. The van der Waals surface area contributed by atoms with E-state index in [1.54, 1.807) is 19.1 Å². The molecule has 6 rings (SSSR count). The van der Waals surface area contributed by atoms with Gasteiger partial charge in [0.05, 0.1) is 29.8 Å². The summed E-state index contributed by atoms with van der Waals surface area (Å²) in [5.74, 6) is 0.266. The predicted molar refractivity (Wildman–Crippen MR) is 164 cm³/mol. The molecule has 1 aliphatic heterocycles. The molecule has 2 aromatic carbocycles. The van der Waals surface area contributed by atoms with Gasteiger partial charge in [0.15, 0.2) is 0 Å². The number of aliphatic hydroxyl groups excluding tert-OH is 1. The third kappa shape index (κ3) is 6.37. The molecule has 2 aliphatic carbocycles. The summed E-state index contributed by atoms with van der Waals surface area (Å²) < 4.78 is 5.14. The van der Waals surface area contributed by atoms with Crippen molar-refractivity contribution in [1.29, 1.82) is 0 Å². The normalized spacial score (nSPS) is 21.0. The van der Waals surface area contributed by atoms with Crippen molar-refractivity contribution in [3.63, 3.8) is 0 Å². The Hall–Kier alpha value is -3.29. The number of aryl methyl sites for hydroxylation is 1. The summed E-state index contributed by atoms with van der Waals surface area (Å²) in [6, 6.07) is 15.2. The number of carbonyl (C=O) groups excluding carboxylic acids is 2. The van der Waals surface area contributed by atoms with Crippen LogP contribution in [0, 0.1) is 11.3 Å². The number of hydrogen-bond donors (Lipinski definition) is 2. The Kier molecular flexibility index (Phi) is 8.33. The number of nitrogens with one attached hydrogen (secondary N) is 1. The molecule has 222 valence electrons. The minimum atomic E-state index is -0.346. The molecule has 2 fully saturated rings. The van der Waals surface area contributed by atoms with Gasteiger partial charge in [-0.2, -0.15) is 0 Å². The van der Waals surface area contributed by atoms with E-state index < -0.39 is 0 Å². The summed E-state index contributed by atoms with van der Waals surface area (Å²) in [6.07, 6.45) is 8.09. The van der Waals surface area contributed by atoms with E-state index in [4.69, 9.17) is 9.72 Å². The fourth-order valence-corrected chi connectivity index (χ4v) is 6.76. The SMILES string of the molecule is CCOC(=O)c1ccc([C@@H](CCN2CCC(O)CC2)NC(=O)c2ccc3nc4c(cc3c2)C[C@@H](C2(C)CC2)CC4)cc1. The lowest BCUT2D eigenvalue weighted by Crippen LogP contribution is -2.38. The van der Waals surface area contributed by atoms with Crippen LogP contribution in [-0.2, 0) is 17.6 Å². The fourth-order valence-electron chi connectivity index (χ4n) is 6.76. The van der Waals surface area contributed by atoms with Gasteiger partial charge in [0.1, 0.15) is 0 Å². The molecular formula is C35H43N3O4. The molecule has 3 aromatic rings. The number of esters is 1. The summed E-state index contributed by atoms with van der Waals surface area (Å²) in [7, 11) is 0. The van der Waals surface area contributed by atoms with Gasteiger partial charge >= 0.3 is 5.97 Å². The van der Waals surface area contributed by atoms with Gasteiger partial charge in [-0.25, -0.2) is 4.79 Å². The van der Waals surface area contributed by atoms with Crippen LogP contribution in [0.3, 0.4) is 0 Å². The van der Waals surface area contributed by atoms with Crippen molar-refractivity contribution in [3.05, 3.63) is 76.5 Å². The van der Waals surface area contributed by atoms with Gasteiger partial charge in [0, 0.05) is 36.3 Å². The first kappa shape index (κ1) is 28.8. The Bertz CT molecular complexity index is 1440. The smallest absolute Gasteiger partial charge is 0.338 e. The zero-order valence-corrected chi connectivity index (χ0v) is 24.9. The first-order chi connectivity index (χ1) is 20.3. The second-order valence-corrected chi connectivity index (χ2v) is 12.8. The van der Waals surface area contributed by atoms with E-state index in [-0.39, 0.29) is 24.0 Å². The van der Waals surface area contributed by atoms with Gasteiger partial charge in [-0.05, 0) is 117 Å². The monoisotopic (exact) mass is 569 g/mol. The van der Waals surface area contributed by atoms with Crippen molar-refractivity contribution in [2.24, 2.45) is 11.3 Å². The van der Waals surface area contributed by atoms with Crippen LogP contribution in [0.4, 0.5) is 0 Å². The number of aromatic nitrogens is 1. The fraction of sp³-hybridized carbons (Fsp3) is 0.514. The number of fused-ring (bicyclic) bond motifs is 2. The van der Waals surface area contributed by atoms with Crippen LogP contribution in [0.15, 0.2) is 48.5 Å². The summed E-state index contributed by atoms with van der Waals surface area (Å²) in [5, 5.41) is 14.2. The number of likely N-dealkylation sites (tertiary alicyclic amines) is 1. The maximum atomic E-state index is 13.7. The quantitative estimate of drug-likeness (QED) is 0.325. The number of rotatable bonds is 9. The molecule has 1 saturated heterocycles. The Labute approximate surface area is 248 Å². The van der Waals surface area contributed by atoms with E-state index in [2.05, 4.69) is 23.2 Å². The Morgan fingerprint density at radius 2 is 1.81 bits per heavy atom. The molecule has 0 spiro atoms. The summed E-state index contributed by atoms with van der Waals surface area (Å²) in [4.78, 5) is 33.2. The molecule has 1 amide bonds. The van der Waals surface area contributed by atoms with Crippen molar-refractivity contribution >= 4 is 22.8 Å². The molecule has 2 N–H and O–H groups in total. The molecule has 0 radical (unpaired) electrons. The Morgan fingerprint density at radius 1 is 1.07 bits per heavy atom. The van der Waals surface area contributed by atoms with Crippen molar-refractivity contribution in [2.45, 2.75) is 77.4 Å². The molecule has 42 heavy (non-hydrogen) atoms. The zero-order valence-electron chi connectivity index (χ0n) is 24.9. The molecule has 3 aliphatic rings. The van der Waals surface area contributed by atoms with Crippen LogP contribution < -0.4 is 5.32 Å². The topological polar surface area (TPSA) is 91.8 Å². The third-order valence-corrected chi connectivity index (χ3v) is 9.89. The Balaban J connectivity index is 1.20. The number of carbonyl (C=O) groups is 2.